The van der Waals surface area contributed by atoms with Crippen molar-refractivity contribution in [2.75, 3.05) is 11.4 Å². The molecule has 148 valence electrons. The van der Waals surface area contributed by atoms with Crippen LogP contribution >= 0.6 is 11.6 Å². The highest BCUT2D eigenvalue weighted by Gasteiger charge is 2.35. The third-order valence-corrected chi connectivity index (χ3v) is 4.92. The van der Waals surface area contributed by atoms with E-state index in [4.69, 9.17) is 16.3 Å². The number of benzene rings is 2. The first-order valence-corrected chi connectivity index (χ1v) is 9.83. The maximum Gasteiger partial charge on any atom is 0.227 e. The summed E-state index contributed by atoms with van der Waals surface area (Å²) in [7, 11) is 0. The van der Waals surface area contributed by atoms with Gasteiger partial charge in [-0.05, 0) is 43.2 Å². The van der Waals surface area contributed by atoms with Crippen LogP contribution in [0.5, 0.6) is 0 Å². The van der Waals surface area contributed by atoms with Gasteiger partial charge in [0.15, 0.2) is 0 Å². The molecule has 1 saturated heterocycles. The summed E-state index contributed by atoms with van der Waals surface area (Å²) in [4.78, 5) is 26.5. The van der Waals surface area contributed by atoms with Crippen molar-refractivity contribution in [2.24, 2.45) is 5.92 Å². The van der Waals surface area contributed by atoms with E-state index in [2.05, 4.69) is 5.32 Å². The Morgan fingerprint density at radius 3 is 2.61 bits per heavy atom. The number of anilines is 1. The molecule has 1 heterocycles. The molecule has 6 heteroatoms. The molecule has 1 atom stereocenters. The van der Waals surface area contributed by atoms with Crippen molar-refractivity contribution in [2.45, 2.75) is 39.5 Å². The summed E-state index contributed by atoms with van der Waals surface area (Å²) < 4.78 is 5.58. The lowest BCUT2D eigenvalue weighted by Crippen LogP contribution is -2.32. The first kappa shape index (κ1) is 20.4. The number of carbonyl (C=O) groups excluding carboxylic acids is 2. The van der Waals surface area contributed by atoms with E-state index in [1.54, 1.807) is 23.1 Å². The van der Waals surface area contributed by atoms with Crippen LogP contribution in [-0.2, 0) is 27.5 Å². The number of amides is 2. The summed E-state index contributed by atoms with van der Waals surface area (Å²) in [6, 6.07) is 15.1. The number of hydrogen-bond donors (Lipinski definition) is 1. The Labute approximate surface area is 170 Å². The zero-order chi connectivity index (χ0) is 20.1. The summed E-state index contributed by atoms with van der Waals surface area (Å²) >= 11 is 6.01. The molecular weight excluding hydrogens is 376 g/mol. The quantitative estimate of drug-likeness (QED) is 0.765. The van der Waals surface area contributed by atoms with Gasteiger partial charge in [-0.3, -0.25) is 9.59 Å². The maximum atomic E-state index is 12.5. The molecule has 0 saturated carbocycles. The Morgan fingerprint density at radius 1 is 1.21 bits per heavy atom. The summed E-state index contributed by atoms with van der Waals surface area (Å²) in [6.07, 6.45) is 0.406. The summed E-state index contributed by atoms with van der Waals surface area (Å²) in [5, 5.41) is 3.51. The van der Waals surface area contributed by atoms with E-state index in [1.165, 1.54) is 0 Å². The molecule has 0 radical (unpaired) electrons. The van der Waals surface area contributed by atoms with E-state index in [9.17, 15) is 9.59 Å². The molecule has 1 aliphatic heterocycles. The third kappa shape index (κ3) is 5.33. The zero-order valence-electron chi connectivity index (χ0n) is 16.2. The van der Waals surface area contributed by atoms with Crippen molar-refractivity contribution in [1.29, 1.82) is 0 Å². The fourth-order valence-corrected chi connectivity index (χ4v) is 3.31. The fourth-order valence-electron chi connectivity index (χ4n) is 3.13. The van der Waals surface area contributed by atoms with Crippen LogP contribution in [0.2, 0.25) is 5.02 Å². The van der Waals surface area contributed by atoms with Crippen molar-refractivity contribution < 1.29 is 14.3 Å². The fraction of sp³-hybridized carbons (Fsp3) is 0.364. The monoisotopic (exact) mass is 400 g/mol. The number of ether oxygens (including phenoxy) is 1. The number of hydrogen-bond acceptors (Lipinski definition) is 3. The lowest BCUT2D eigenvalue weighted by molar-refractivity contribution is -0.126. The maximum absolute atomic E-state index is 12.5. The molecule has 3 rings (SSSR count). The van der Waals surface area contributed by atoms with Gasteiger partial charge < -0.3 is 15.0 Å². The van der Waals surface area contributed by atoms with Crippen molar-refractivity contribution in [1.82, 2.24) is 5.32 Å². The van der Waals surface area contributed by atoms with E-state index in [1.807, 2.05) is 44.2 Å². The molecule has 5 nitrogen and oxygen atoms in total. The second-order valence-electron chi connectivity index (χ2n) is 7.28. The highest BCUT2D eigenvalue weighted by molar-refractivity contribution is 6.31. The lowest BCUT2D eigenvalue weighted by atomic mass is 10.1. The molecule has 0 aromatic heterocycles. The number of halogens is 1. The van der Waals surface area contributed by atoms with Gasteiger partial charge in [-0.1, -0.05) is 41.9 Å². The standard InChI is InChI=1S/C22H25ClN2O3/c1-15(2)28-14-17-8-6-16(7-9-17)12-24-22(27)18-10-21(26)25(13-18)20-5-3-4-19(23)11-20/h3-9,11,15,18H,10,12-14H2,1-2H3,(H,24,27). The second kappa shape index (κ2) is 9.22. The molecule has 1 N–H and O–H groups in total. The van der Waals surface area contributed by atoms with Crippen LogP contribution in [0.4, 0.5) is 5.69 Å². The molecule has 1 aliphatic rings. The summed E-state index contributed by atoms with van der Waals surface area (Å²) in [5.74, 6) is -0.521. The molecule has 0 aliphatic carbocycles. The van der Waals surface area contributed by atoms with Crippen molar-refractivity contribution in [3.8, 4) is 0 Å². The van der Waals surface area contributed by atoms with Crippen LogP contribution in [0.15, 0.2) is 48.5 Å². The van der Waals surface area contributed by atoms with Gasteiger partial charge in [0.25, 0.3) is 0 Å². The average molecular weight is 401 g/mol. The Morgan fingerprint density at radius 2 is 1.93 bits per heavy atom. The van der Waals surface area contributed by atoms with Gasteiger partial charge in [-0.2, -0.15) is 0 Å². The SMILES string of the molecule is CC(C)OCc1ccc(CNC(=O)C2CC(=O)N(c3cccc(Cl)c3)C2)cc1. The molecule has 0 bridgehead atoms. The molecule has 28 heavy (non-hydrogen) atoms. The molecule has 1 unspecified atom stereocenters. The Balaban J connectivity index is 1.52. The van der Waals surface area contributed by atoms with Crippen molar-refractivity contribution in [3.63, 3.8) is 0 Å². The zero-order valence-corrected chi connectivity index (χ0v) is 16.9. The van der Waals surface area contributed by atoms with E-state index in [0.717, 1.165) is 16.8 Å². The predicted octanol–water partition coefficient (Wildman–Crippen LogP) is 3.93. The number of nitrogens with one attached hydrogen (secondary N) is 1. The smallest absolute Gasteiger partial charge is 0.227 e. The van der Waals surface area contributed by atoms with Crippen LogP contribution in [0.1, 0.15) is 31.4 Å². The first-order valence-electron chi connectivity index (χ1n) is 9.45. The van der Waals surface area contributed by atoms with Gasteiger partial charge in [0.05, 0.1) is 18.6 Å². The van der Waals surface area contributed by atoms with Gasteiger partial charge in [0, 0.05) is 30.2 Å². The molecular formula is C22H25ClN2O3. The first-order chi connectivity index (χ1) is 13.4. The third-order valence-electron chi connectivity index (χ3n) is 4.69. The van der Waals surface area contributed by atoms with Gasteiger partial charge in [0.2, 0.25) is 11.8 Å². The minimum atomic E-state index is -0.356. The molecule has 2 amide bonds. The predicted molar refractivity (Wildman–Crippen MR) is 110 cm³/mol. The molecule has 1 fully saturated rings. The van der Waals surface area contributed by atoms with Gasteiger partial charge in [0.1, 0.15) is 0 Å². The van der Waals surface area contributed by atoms with Gasteiger partial charge in [-0.15, -0.1) is 0 Å². The lowest BCUT2D eigenvalue weighted by Gasteiger charge is -2.17. The van der Waals surface area contributed by atoms with Crippen LogP contribution in [0.25, 0.3) is 0 Å². The summed E-state index contributed by atoms with van der Waals surface area (Å²) in [5.41, 5.74) is 2.84. The summed E-state index contributed by atoms with van der Waals surface area (Å²) in [6.45, 7) is 5.40. The number of carbonyl (C=O) groups is 2. The number of nitrogens with zero attached hydrogens (tertiary/aromatic N) is 1. The van der Waals surface area contributed by atoms with E-state index < -0.39 is 0 Å². The Bertz CT molecular complexity index is 836. The van der Waals surface area contributed by atoms with E-state index in [-0.39, 0.29) is 30.3 Å². The van der Waals surface area contributed by atoms with Crippen molar-refractivity contribution >= 4 is 29.1 Å². The molecule has 0 spiro atoms. The Hall–Kier alpha value is -2.37. The van der Waals surface area contributed by atoms with Gasteiger partial charge >= 0.3 is 0 Å². The minimum Gasteiger partial charge on any atom is -0.374 e. The van der Waals surface area contributed by atoms with E-state index >= 15 is 0 Å². The van der Waals surface area contributed by atoms with Crippen LogP contribution in [0, 0.1) is 5.92 Å². The average Bonchev–Trinajstić information content (AvgIpc) is 3.07. The van der Waals surface area contributed by atoms with Gasteiger partial charge in [-0.25, -0.2) is 0 Å². The Kier molecular flexibility index (Phi) is 6.70. The molecule has 2 aromatic carbocycles. The highest BCUT2D eigenvalue weighted by atomic mass is 35.5. The van der Waals surface area contributed by atoms with Crippen molar-refractivity contribution in [3.05, 3.63) is 64.7 Å². The number of rotatable bonds is 7. The van der Waals surface area contributed by atoms with Crippen LogP contribution in [-0.4, -0.2) is 24.5 Å². The normalized spacial score (nSPS) is 16.6. The minimum absolute atomic E-state index is 0.0584. The topological polar surface area (TPSA) is 58.6 Å². The molecule has 2 aromatic rings. The second-order valence-corrected chi connectivity index (χ2v) is 7.72. The van der Waals surface area contributed by atoms with Crippen LogP contribution < -0.4 is 10.2 Å². The largest absolute Gasteiger partial charge is 0.374 e. The van der Waals surface area contributed by atoms with E-state index in [0.29, 0.717) is 24.7 Å². The van der Waals surface area contributed by atoms with Crippen LogP contribution in [0.3, 0.4) is 0 Å². The highest BCUT2D eigenvalue weighted by Crippen LogP contribution is 2.27.